The minimum absolute atomic E-state index is 0. The van der Waals surface area contributed by atoms with Crippen LogP contribution in [-0.2, 0) is 6.18 Å². The van der Waals surface area contributed by atoms with Crippen LogP contribution in [-0.4, -0.2) is 12.6 Å². The summed E-state index contributed by atoms with van der Waals surface area (Å²) in [5.74, 6) is 0.383. The molecule has 0 amide bonds. The van der Waals surface area contributed by atoms with Crippen LogP contribution in [0, 0.1) is 5.92 Å². The highest BCUT2D eigenvalue weighted by Crippen LogP contribution is 2.50. The molecule has 2 aromatic carbocycles. The van der Waals surface area contributed by atoms with Crippen LogP contribution in [0.3, 0.4) is 0 Å². The predicted octanol–water partition coefficient (Wildman–Crippen LogP) is 7.03. The van der Waals surface area contributed by atoms with E-state index in [-0.39, 0.29) is 18.4 Å². The first-order chi connectivity index (χ1) is 13.3. The molecule has 0 bridgehead atoms. The average Bonchev–Trinajstić information content (AvgIpc) is 2.63. The monoisotopic (exact) mass is 507 g/mol. The summed E-state index contributed by atoms with van der Waals surface area (Å²) in [4.78, 5) is 1.47. The summed E-state index contributed by atoms with van der Waals surface area (Å²) in [6.07, 6.45) is -0.324. The summed E-state index contributed by atoms with van der Waals surface area (Å²) in [7, 11) is 0. The first kappa shape index (κ1) is 22.6. The zero-order valence-electron chi connectivity index (χ0n) is 15.5. The summed E-state index contributed by atoms with van der Waals surface area (Å²) in [5, 5.41) is 6.59. The van der Waals surface area contributed by atoms with Crippen molar-refractivity contribution in [2.45, 2.75) is 47.7 Å². The van der Waals surface area contributed by atoms with Crippen molar-refractivity contribution in [2.75, 3.05) is 17.2 Å². The number of nitrogens with one attached hydrogen (secondary N) is 2. The minimum atomic E-state index is -4.39. The number of alkyl halides is 3. The fourth-order valence-electron chi connectivity index (χ4n) is 3.84. The summed E-state index contributed by atoms with van der Waals surface area (Å²) >= 11 is 4.77. The van der Waals surface area contributed by atoms with Gasteiger partial charge in [0.25, 0.3) is 0 Å². The van der Waals surface area contributed by atoms with Gasteiger partial charge in [0, 0.05) is 26.9 Å². The second-order valence-corrected chi connectivity index (χ2v) is 9.44. The van der Waals surface area contributed by atoms with E-state index < -0.39 is 11.7 Å². The van der Waals surface area contributed by atoms with Crippen molar-refractivity contribution in [3.8, 4) is 0 Å². The summed E-state index contributed by atoms with van der Waals surface area (Å²) in [6.45, 7) is 0.626. The molecule has 4 rings (SSSR count). The highest BCUT2D eigenvalue weighted by molar-refractivity contribution is 9.10. The predicted molar refractivity (Wildman–Crippen MR) is 119 cm³/mol. The smallest absolute Gasteiger partial charge is 0.383 e. The lowest BCUT2D eigenvalue weighted by Gasteiger charge is -2.29. The lowest BCUT2D eigenvalue weighted by Crippen LogP contribution is -2.31. The Morgan fingerprint density at radius 1 is 1.17 bits per heavy atom. The Morgan fingerprint density at radius 2 is 1.97 bits per heavy atom. The zero-order valence-corrected chi connectivity index (χ0v) is 18.7. The van der Waals surface area contributed by atoms with Gasteiger partial charge in [-0.05, 0) is 55.5 Å². The summed E-state index contributed by atoms with van der Waals surface area (Å²) in [5.41, 5.74) is 7.50. The van der Waals surface area contributed by atoms with Gasteiger partial charge in [-0.15, -0.1) is 12.4 Å². The van der Waals surface area contributed by atoms with Crippen LogP contribution in [0.4, 0.5) is 30.2 Å². The minimum Gasteiger partial charge on any atom is -0.383 e. The van der Waals surface area contributed by atoms with Crippen molar-refractivity contribution >= 4 is 57.2 Å². The number of anilines is 3. The van der Waals surface area contributed by atoms with Gasteiger partial charge in [0.15, 0.2) is 0 Å². The second kappa shape index (κ2) is 8.96. The van der Waals surface area contributed by atoms with E-state index in [4.69, 9.17) is 5.73 Å². The normalized spacial score (nSPS) is 20.7. The van der Waals surface area contributed by atoms with E-state index >= 15 is 0 Å². The van der Waals surface area contributed by atoms with Crippen LogP contribution >= 0.6 is 40.1 Å². The van der Waals surface area contributed by atoms with Crippen molar-refractivity contribution < 1.29 is 13.2 Å². The van der Waals surface area contributed by atoms with E-state index in [0.29, 0.717) is 28.7 Å². The first-order valence-electron chi connectivity index (χ1n) is 9.29. The third-order valence-electron chi connectivity index (χ3n) is 5.26. The molecule has 1 heterocycles. The van der Waals surface area contributed by atoms with E-state index in [2.05, 4.69) is 26.6 Å². The van der Waals surface area contributed by atoms with Crippen molar-refractivity contribution in [1.82, 2.24) is 0 Å². The quantitative estimate of drug-likeness (QED) is 0.355. The number of benzene rings is 2. The van der Waals surface area contributed by atoms with Crippen LogP contribution in [0.1, 0.15) is 31.2 Å². The molecule has 9 heteroatoms. The van der Waals surface area contributed by atoms with E-state index in [9.17, 15) is 13.2 Å². The molecule has 1 aliphatic heterocycles. The summed E-state index contributed by atoms with van der Waals surface area (Å²) < 4.78 is 41.3. The Bertz CT molecular complexity index is 894. The number of hydrogen-bond donors (Lipinski definition) is 3. The average molecular weight is 509 g/mol. The topological polar surface area (TPSA) is 50.1 Å². The molecule has 29 heavy (non-hydrogen) atoms. The fraction of sp³-hybridized carbons (Fsp3) is 0.400. The molecule has 1 saturated carbocycles. The van der Waals surface area contributed by atoms with Crippen molar-refractivity contribution in [3.05, 3.63) is 40.4 Å². The zero-order chi connectivity index (χ0) is 19.9. The molecule has 0 spiro atoms. The highest BCUT2D eigenvalue weighted by atomic mass is 79.9. The Balaban J connectivity index is 0.00000240. The first-order valence-corrected chi connectivity index (χ1v) is 10.9. The van der Waals surface area contributed by atoms with Crippen LogP contribution < -0.4 is 16.4 Å². The van der Waals surface area contributed by atoms with Crippen LogP contribution in [0.5, 0.6) is 0 Å². The van der Waals surface area contributed by atoms with E-state index in [0.717, 1.165) is 40.7 Å². The Kier molecular flexibility index (Phi) is 6.98. The third-order valence-corrected chi connectivity index (χ3v) is 6.85. The van der Waals surface area contributed by atoms with Crippen LogP contribution in [0.25, 0.3) is 0 Å². The van der Waals surface area contributed by atoms with Gasteiger partial charge < -0.3 is 16.4 Å². The second-order valence-electron chi connectivity index (χ2n) is 7.44. The Hall–Kier alpha value is -1.09. The van der Waals surface area contributed by atoms with E-state index in [1.165, 1.54) is 23.9 Å². The van der Waals surface area contributed by atoms with Gasteiger partial charge in [-0.1, -0.05) is 34.1 Å². The largest absolute Gasteiger partial charge is 0.416 e. The molecule has 0 aromatic heterocycles. The van der Waals surface area contributed by atoms with Crippen LogP contribution in [0.2, 0.25) is 0 Å². The molecule has 2 atom stereocenters. The van der Waals surface area contributed by atoms with Gasteiger partial charge in [-0.2, -0.15) is 13.2 Å². The van der Waals surface area contributed by atoms with Gasteiger partial charge in [0.1, 0.15) is 0 Å². The molecule has 3 nitrogen and oxygen atoms in total. The molecule has 2 aromatic rings. The lowest BCUT2D eigenvalue weighted by molar-refractivity contribution is -0.137. The van der Waals surface area contributed by atoms with Gasteiger partial charge in [-0.25, -0.2) is 0 Å². The van der Waals surface area contributed by atoms with Crippen molar-refractivity contribution in [1.29, 1.82) is 0 Å². The number of rotatable bonds is 3. The molecular weight excluding hydrogens is 487 g/mol. The van der Waals surface area contributed by atoms with Gasteiger partial charge >= 0.3 is 6.18 Å². The standard InChI is InChI=1S/C20H21BrF3N3S.ClH/c21-13-4-5-15-17(9-13)28-18-8-12(20(22,23)24)7-16(19(18)27-15)26-10-11-2-1-3-14(25)6-11;/h4-5,7-9,11,14,26-27H,1-3,6,10,25H2;1H. The molecule has 158 valence electrons. The van der Waals surface area contributed by atoms with Crippen molar-refractivity contribution in [2.24, 2.45) is 11.7 Å². The molecule has 0 radical (unpaired) electrons. The van der Waals surface area contributed by atoms with Crippen LogP contribution in [0.15, 0.2) is 44.6 Å². The Labute approximate surface area is 186 Å². The third kappa shape index (κ3) is 5.16. The lowest BCUT2D eigenvalue weighted by atomic mass is 9.86. The van der Waals surface area contributed by atoms with Crippen molar-refractivity contribution in [3.63, 3.8) is 0 Å². The number of hydrogen-bond acceptors (Lipinski definition) is 4. The highest BCUT2D eigenvalue weighted by Gasteiger charge is 2.33. The van der Waals surface area contributed by atoms with Gasteiger partial charge in [-0.3, -0.25) is 0 Å². The van der Waals surface area contributed by atoms with E-state index in [1.54, 1.807) is 0 Å². The maximum atomic E-state index is 13.5. The van der Waals surface area contributed by atoms with Gasteiger partial charge in [0.2, 0.25) is 0 Å². The van der Waals surface area contributed by atoms with Gasteiger partial charge in [0.05, 0.1) is 22.6 Å². The maximum absolute atomic E-state index is 13.5. The molecule has 2 unspecified atom stereocenters. The Morgan fingerprint density at radius 3 is 2.69 bits per heavy atom. The molecular formula is C20H22BrClF3N3S. The maximum Gasteiger partial charge on any atom is 0.416 e. The number of fused-ring (bicyclic) bond motifs is 2. The number of nitrogens with two attached hydrogens (primary N) is 1. The van der Waals surface area contributed by atoms with E-state index in [1.807, 2.05) is 18.2 Å². The fourth-order valence-corrected chi connectivity index (χ4v) is 5.45. The molecule has 0 saturated heterocycles. The summed E-state index contributed by atoms with van der Waals surface area (Å²) in [6, 6.07) is 8.37. The molecule has 2 aliphatic rings. The SMILES string of the molecule is Cl.NC1CCCC(CNc2cc(C(F)(F)F)cc3c2Nc2ccc(Br)cc2S3)C1. The molecule has 4 N–H and O–H groups in total. The molecule has 1 aliphatic carbocycles. The number of halogens is 5. The molecule has 1 fully saturated rings.